The number of carbonyl (C=O) groups is 1. The van der Waals surface area contributed by atoms with Gasteiger partial charge < -0.3 is 15.0 Å². The van der Waals surface area contributed by atoms with Crippen molar-refractivity contribution in [3.8, 4) is 0 Å². The summed E-state index contributed by atoms with van der Waals surface area (Å²) in [5.41, 5.74) is 0.836. The molecule has 18 heavy (non-hydrogen) atoms. The predicted octanol–water partition coefficient (Wildman–Crippen LogP) is 0.691. The summed E-state index contributed by atoms with van der Waals surface area (Å²) < 4.78 is 6.31. The van der Waals surface area contributed by atoms with Gasteiger partial charge in [0.1, 0.15) is 13.1 Å². The molecule has 2 N–H and O–H groups in total. The van der Waals surface area contributed by atoms with Gasteiger partial charge in [-0.1, -0.05) is 15.9 Å². The molecule has 4 nitrogen and oxygen atoms in total. The zero-order valence-electron chi connectivity index (χ0n) is 10.4. The Morgan fingerprint density at radius 3 is 2.56 bits per heavy atom. The molecule has 1 heterocycles. The lowest BCUT2D eigenvalue weighted by atomic mass is 10.2. The van der Waals surface area contributed by atoms with Crippen molar-refractivity contribution < 1.29 is 14.4 Å². The molecule has 98 valence electrons. The van der Waals surface area contributed by atoms with E-state index in [0.29, 0.717) is 0 Å². The maximum absolute atomic E-state index is 12.1. The highest BCUT2D eigenvalue weighted by atomic mass is 79.9. The van der Waals surface area contributed by atoms with E-state index in [2.05, 4.69) is 21.2 Å². The molecule has 1 saturated heterocycles. The van der Waals surface area contributed by atoms with E-state index in [1.165, 1.54) is 4.90 Å². The second-order valence-electron chi connectivity index (χ2n) is 4.49. The zero-order chi connectivity index (χ0) is 13.0. The molecule has 0 unspecified atom stereocenters. The Kier molecular flexibility index (Phi) is 4.74. The van der Waals surface area contributed by atoms with Gasteiger partial charge in [-0.15, -0.1) is 0 Å². The van der Waals surface area contributed by atoms with Gasteiger partial charge in [0.25, 0.3) is 5.91 Å². The summed E-state index contributed by atoms with van der Waals surface area (Å²) in [5, 5.41) is 2.94. The van der Waals surface area contributed by atoms with E-state index in [1.54, 1.807) is 0 Å². The largest absolute Gasteiger partial charge is 0.370 e. The minimum atomic E-state index is -0.0439. The highest BCUT2D eigenvalue weighted by Gasteiger charge is 2.26. The van der Waals surface area contributed by atoms with Crippen molar-refractivity contribution in [3.63, 3.8) is 0 Å². The molecule has 1 atom stereocenters. The third kappa shape index (κ3) is 3.54. The quantitative estimate of drug-likeness (QED) is 0.862. The molecular weight excluding hydrogens is 296 g/mol. The number of rotatable bonds is 3. The smallest absolute Gasteiger partial charge is 0.282 e. The number of morpholine rings is 1. The van der Waals surface area contributed by atoms with E-state index in [1.807, 2.05) is 31.2 Å². The Morgan fingerprint density at radius 2 is 1.94 bits per heavy atom. The first-order valence-electron chi connectivity index (χ1n) is 6.15. The lowest BCUT2D eigenvalue weighted by Crippen LogP contribution is -3.18. The van der Waals surface area contributed by atoms with E-state index < -0.39 is 0 Å². The summed E-state index contributed by atoms with van der Waals surface area (Å²) >= 11 is 3.37. The van der Waals surface area contributed by atoms with E-state index >= 15 is 0 Å². The van der Waals surface area contributed by atoms with Gasteiger partial charge in [0, 0.05) is 10.2 Å². The van der Waals surface area contributed by atoms with E-state index in [9.17, 15) is 4.79 Å². The van der Waals surface area contributed by atoms with E-state index in [-0.39, 0.29) is 11.9 Å². The summed E-state index contributed by atoms with van der Waals surface area (Å²) in [5.74, 6) is 0.0641. The number of benzene rings is 1. The van der Waals surface area contributed by atoms with Crippen LogP contribution in [-0.2, 0) is 9.53 Å². The minimum Gasteiger partial charge on any atom is -0.370 e. The highest BCUT2D eigenvalue weighted by molar-refractivity contribution is 9.10. The average molecular weight is 314 g/mol. The highest BCUT2D eigenvalue weighted by Crippen LogP contribution is 2.14. The third-order valence-corrected chi connectivity index (χ3v) is 3.78. The van der Waals surface area contributed by atoms with Crippen molar-refractivity contribution in [2.24, 2.45) is 0 Å². The average Bonchev–Trinajstić information content (AvgIpc) is 2.41. The summed E-state index contributed by atoms with van der Waals surface area (Å²) in [6.45, 7) is 5.25. The van der Waals surface area contributed by atoms with Gasteiger partial charge in [-0.05, 0) is 31.2 Å². The fraction of sp³-hybridized carbons (Fsp3) is 0.462. The Hall–Kier alpha value is -0.910. The van der Waals surface area contributed by atoms with Crippen molar-refractivity contribution in [1.82, 2.24) is 0 Å². The minimum absolute atomic E-state index is 0.0439. The van der Waals surface area contributed by atoms with E-state index in [0.717, 1.165) is 36.5 Å². The molecule has 2 rings (SSSR count). The van der Waals surface area contributed by atoms with Crippen LogP contribution >= 0.6 is 15.9 Å². The number of anilines is 1. The van der Waals surface area contributed by atoms with Gasteiger partial charge in [-0.2, -0.15) is 0 Å². The second-order valence-corrected chi connectivity index (χ2v) is 5.40. The standard InChI is InChI=1S/C13H17BrN2O2/c1-10(16-6-8-18-9-7-16)13(17)15-12-4-2-11(14)3-5-12/h2-5,10H,6-9H2,1H3,(H,15,17)/p+1/t10-/m1/s1. The normalized spacial score (nSPS) is 18.3. The topological polar surface area (TPSA) is 42.8 Å². The van der Waals surface area contributed by atoms with Gasteiger partial charge in [-0.3, -0.25) is 4.79 Å². The zero-order valence-corrected chi connectivity index (χ0v) is 12.0. The van der Waals surface area contributed by atoms with Crippen LogP contribution in [-0.4, -0.2) is 38.3 Å². The number of halogens is 1. The van der Waals surface area contributed by atoms with Crippen molar-refractivity contribution in [2.45, 2.75) is 13.0 Å². The van der Waals surface area contributed by atoms with Gasteiger partial charge in [0.05, 0.1) is 13.2 Å². The first-order valence-corrected chi connectivity index (χ1v) is 6.95. The molecule has 0 saturated carbocycles. The molecule has 0 radical (unpaired) electrons. The van der Waals surface area contributed by atoms with Crippen LogP contribution in [0.1, 0.15) is 6.92 Å². The number of hydrogen-bond acceptors (Lipinski definition) is 2. The molecular formula is C13H18BrN2O2+. The molecule has 0 spiro atoms. The van der Waals surface area contributed by atoms with Crippen molar-refractivity contribution >= 4 is 27.5 Å². The number of ether oxygens (including phenoxy) is 1. The predicted molar refractivity (Wildman–Crippen MR) is 73.7 cm³/mol. The molecule has 1 aromatic rings. The maximum atomic E-state index is 12.1. The SMILES string of the molecule is C[C@H](C(=O)Nc1ccc(Br)cc1)[NH+]1CCOCC1. The monoisotopic (exact) mass is 313 g/mol. The maximum Gasteiger partial charge on any atom is 0.282 e. The number of quaternary nitrogens is 1. The number of nitrogens with one attached hydrogen (secondary N) is 2. The summed E-state index contributed by atoms with van der Waals surface area (Å²) in [4.78, 5) is 13.4. The van der Waals surface area contributed by atoms with Gasteiger partial charge in [0.15, 0.2) is 6.04 Å². The number of amides is 1. The Labute approximate surface area is 115 Å². The molecule has 0 aliphatic carbocycles. The Morgan fingerprint density at radius 1 is 1.33 bits per heavy atom. The van der Waals surface area contributed by atoms with Gasteiger partial charge in [-0.25, -0.2) is 0 Å². The summed E-state index contributed by atoms with van der Waals surface area (Å²) in [6, 6.07) is 7.58. The molecule has 0 bridgehead atoms. The lowest BCUT2D eigenvalue weighted by Gasteiger charge is -2.28. The Balaban J connectivity index is 1.92. The summed E-state index contributed by atoms with van der Waals surface area (Å²) in [6.07, 6.45) is 0. The summed E-state index contributed by atoms with van der Waals surface area (Å²) in [7, 11) is 0. The molecule has 5 heteroatoms. The molecule has 1 aliphatic rings. The van der Waals surface area contributed by atoms with Gasteiger partial charge >= 0.3 is 0 Å². The van der Waals surface area contributed by atoms with Crippen LogP contribution in [0.5, 0.6) is 0 Å². The van der Waals surface area contributed by atoms with Crippen LogP contribution in [0.25, 0.3) is 0 Å². The van der Waals surface area contributed by atoms with Crippen molar-refractivity contribution in [1.29, 1.82) is 0 Å². The first-order chi connectivity index (χ1) is 8.66. The van der Waals surface area contributed by atoms with Crippen LogP contribution in [0.3, 0.4) is 0 Å². The van der Waals surface area contributed by atoms with Crippen LogP contribution in [0.4, 0.5) is 5.69 Å². The first kappa shape index (κ1) is 13.5. The third-order valence-electron chi connectivity index (χ3n) is 3.25. The second kappa shape index (κ2) is 6.31. The molecule has 1 fully saturated rings. The number of hydrogen-bond donors (Lipinski definition) is 2. The lowest BCUT2D eigenvalue weighted by molar-refractivity contribution is -0.921. The molecule has 1 aliphatic heterocycles. The Bertz CT molecular complexity index is 402. The van der Waals surface area contributed by atoms with Crippen LogP contribution < -0.4 is 10.2 Å². The number of carbonyl (C=O) groups excluding carboxylic acids is 1. The fourth-order valence-corrected chi connectivity index (χ4v) is 2.30. The van der Waals surface area contributed by atoms with Crippen LogP contribution in [0.2, 0.25) is 0 Å². The van der Waals surface area contributed by atoms with Crippen molar-refractivity contribution in [2.75, 3.05) is 31.6 Å². The molecule has 1 aromatic carbocycles. The van der Waals surface area contributed by atoms with Crippen molar-refractivity contribution in [3.05, 3.63) is 28.7 Å². The van der Waals surface area contributed by atoms with E-state index in [4.69, 9.17) is 4.74 Å². The van der Waals surface area contributed by atoms with Gasteiger partial charge in [0.2, 0.25) is 0 Å². The molecule has 1 amide bonds. The molecule has 0 aromatic heterocycles. The van der Waals surface area contributed by atoms with Crippen LogP contribution in [0.15, 0.2) is 28.7 Å². The fourth-order valence-electron chi connectivity index (χ4n) is 2.04. The van der Waals surface area contributed by atoms with Crippen LogP contribution in [0, 0.1) is 0 Å².